The van der Waals surface area contributed by atoms with Gasteiger partial charge in [0.2, 0.25) is 0 Å². The first-order valence-corrected chi connectivity index (χ1v) is 11.1. The van der Waals surface area contributed by atoms with Gasteiger partial charge in [0.1, 0.15) is 13.2 Å². The Hall–Kier alpha value is -3.79. The molecule has 1 aliphatic heterocycles. The van der Waals surface area contributed by atoms with Crippen molar-refractivity contribution in [3.05, 3.63) is 64.1 Å². The molecule has 178 valence electrons. The Kier molecular flexibility index (Phi) is 7.95. The topological polar surface area (TPSA) is 119 Å². The number of rotatable bonds is 9. The van der Waals surface area contributed by atoms with Gasteiger partial charge in [-0.25, -0.2) is 4.79 Å². The number of benzene rings is 2. The number of carbonyl (C=O) groups is 4. The minimum atomic E-state index is -1.05. The summed E-state index contributed by atoms with van der Waals surface area (Å²) in [6.07, 6.45) is 1.13. The fourth-order valence-electron chi connectivity index (χ4n) is 3.12. The number of hydrogen-bond donors (Lipinski definition) is 1. The molecule has 34 heavy (non-hydrogen) atoms. The summed E-state index contributed by atoms with van der Waals surface area (Å²) in [7, 11) is 1.46. The van der Waals surface area contributed by atoms with Crippen LogP contribution in [0.3, 0.4) is 0 Å². The third-order valence-corrected chi connectivity index (χ3v) is 5.51. The maximum atomic E-state index is 12.8. The first-order valence-electron chi connectivity index (χ1n) is 10.3. The highest BCUT2D eigenvalue weighted by Gasteiger charge is 2.37. The van der Waals surface area contributed by atoms with Crippen molar-refractivity contribution in [3.8, 4) is 11.5 Å². The number of hydrogen-bond acceptors (Lipinski definition) is 8. The van der Waals surface area contributed by atoms with E-state index in [1.807, 2.05) is 0 Å². The molecule has 0 saturated carbocycles. The Balaban J connectivity index is 1.84. The average Bonchev–Trinajstić information content (AvgIpc) is 3.04. The number of aromatic carboxylic acids is 1. The van der Waals surface area contributed by atoms with Crippen LogP contribution in [0.15, 0.2) is 47.4 Å². The molecule has 0 atom stereocenters. The fraction of sp³-hybridized carbons (Fsp3) is 0.250. The number of nitrogens with zero attached hydrogens (tertiary/aromatic N) is 1. The summed E-state index contributed by atoms with van der Waals surface area (Å²) in [6, 6.07) is 11.4. The van der Waals surface area contributed by atoms with Crippen LogP contribution in [0.4, 0.5) is 4.79 Å². The van der Waals surface area contributed by atoms with E-state index in [9.17, 15) is 24.3 Å². The second-order valence-electron chi connectivity index (χ2n) is 7.48. The van der Waals surface area contributed by atoms with Gasteiger partial charge in [0.05, 0.1) is 23.7 Å². The van der Waals surface area contributed by atoms with E-state index in [4.69, 9.17) is 14.2 Å². The summed E-state index contributed by atoms with van der Waals surface area (Å²) in [5, 5.41) is 8.61. The van der Waals surface area contributed by atoms with Crippen LogP contribution in [0, 0.1) is 0 Å². The minimum Gasteiger partial charge on any atom is -0.493 e. The highest BCUT2D eigenvalue weighted by atomic mass is 32.2. The van der Waals surface area contributed by atoms with E-state index in [1.54, 1.807) is 44.2 Å². The van der Waals surface area contributed by atoms with Crippen LogP contribution in [-0.2, 0) is 20.9 Å². The van der Waals surface area contributed by atoms with E-state index in [-0.39, 0.29) is 23.2 Å². The number of carboxylic acid groups (broad SMARTS) is 1. The molecule has 2 amide bonds. The van der Waals surface area contributed by atoms with Crippen LogP contribution in [0.1, 0.15) is 35.3 Å². The first-order chi connectivity index (χ1) is 16.2. The molecule has 0 aliphatic carbocycles. The zero-order valence-corrected chi connectivity index (χ0v) is 19.6. The molecule has 3 rings (SSSR count). The molecule has 0 aromatic heterocycles. The maximum Gasteiger partial charge on any atom is 0.335 e. The molecule has 1 heterocycles. The number of thioether (sulfide) groups is 1. The predicted molar refractivity (Wildman–Crippen MR) is 125 cm³/mol. The van der Waals surface area contributed by atoms with Crippen LogP contribution < -0.4 is 9.47 Å². The third kappa shape index (κ3) is 5.96. The first kappa shape index (κ1) is 24.8. The maximum absolute atomic E-state index is 12.8. The quantitative estimate of drug-likeness (QED) is 0.416. The van der Waals surface area contributed by atoms with E-state index in [0.717, 1.165) is 4.90 Å². The van der Waals surface area contributed by atoms with Gasteiger partial charge in [0, 0.05) is 5.56 Å². The number of para-hydroxylation sites is 1. The number of esters is 1. The van der Waals surface area contributed by atoms with Crippen molar-refractivity contribution in [1.82, 2.24) is 4.90 Å². The molecule has 2 aromatic rings. The van der Waals surface area contributed by atoms with Crippen LogP contribution in [0.2, 0.25) is 0 Å². The van der Waals surface area contributed by atoms with Gasteiger partial charge in [-0.1, -0.05) is 24.3 Å². The Morgan fingerprint density at radius 1 is 1.15 bits per heavy atom. The van der Waals surface area contributed by atoms with E-state index in [0.29, 0.717) is 34.4 Å². The van der Waals surface area contributed by atoms with Crippen molar-refractivity contribution in [1.29, 1.82) is 0 Å². The van der Waals surface area contributed by atoms with Gasteiger partial charge in [-0.05, 0) is 55.4 Å². The van der Waals surface area contributed by atoms with Crippen LogP contribution >= 0.6 is 11.8 Å². The monoisotopic (exact) mass is 485 g/mol. The molecule has 0 unspecified atom stereocenters. The highest BCUT2D eigenvalue weighted by Crippen LogP contribution is 2.37. The highest BCUT2D eigenvalue weighted by molar-refractivity contribution is 8.18. The zero-order valence-electron chi connectivity index (χ0n) is 18.8. The van der Waals surface area contributed by atoms with Gasteiger partial charge in [0.15, 0.2) is 11.5 Å². The summed E-state index contributed by atoms with van der Waals surface area (Å²) < 4.78 is 16.3. The van der Waals surface area contributed by atoms with Gasteiger partial charge in [-0.2, -0.15) is 0 Å². The molecule has 0 radical (unpaired) electrons. The molecule has 1 fully saturated rings. The van der Waals surface area contributed by atoms with E-state index in [2.05, 4.69) is 0 Å². The lowest BCUT2D eigenvalue weighted by molar-refractivity contribution is -0.149. The minimum absolute atomic E-state index is 0.0465. The summed E-state index contributed by atoms with van der Waals surface area (Å²) in [5.41, 5.74) is 1.23. The molecule has 9 nitrogen and oxygen atoms in total. The van der Waals surface area contributed by atoms with Crippen molar-refractivity contribution in [2.45, 2.75) is 26.6 Å². The molecular weight excluding hydrogens is 462 g/mol. The lowest BCUT2D eigenvalue weighted by Crippen LogP contribution is -2.35. The van der Waals surface area contributed by atoms with Crippen LogP contribution in [0.5, 0.6) is 11.5 Å². The number of imide groups is 1. The van der Waals surface area contributed by atoms with Crippen molar-refractivity contribution >= 4 is 40.9 Å². The predicted octanol–water partition coefficient (Wildman–Crippen LogP) is 3.96. The van der Waals surface area contributed by atoms with Crippen LogP contribution in [-0.4, -0.2) is 52.8 Å². The Morgan fingerprint density at radius 2 is 1.88 bits per heavy atom. The van der Waals surface area contributed by atoms with Gasteiger partial charge in [-0.3, -0.25) is 19.3 Å². The van der Waals surface area contributed by atoms with E-state index in [1.165, 1.54) is 25.3 Å². The number of carboxylic acids is 1. The van der Waals surface area contributed by atoms with Crippen molar-refractivity contribution in [2.24, 2.45) is 0 Å². The molecule has 1 saturated heterocycles. The Morgan fingerprint density at radius 3 is 2.56 bits per heavy atom. The van der Waals surface area contributed by atoms with Crippen molar-refractivity contribution in [2.75, 3.05) is 13.7 Å². The molecule has 1 N–H and O–H groups in total. The normalized spacial score (nSPS) is 14.6. The number of carbonyl (C=O) groups excluding carboxylic acids is 3. The summed E-state index contributed by atoms with van der Waals surface area (Å²) >= 11 is 0.708. The van der Waals surface area contributed by atoms with Crippen molar-refractivity contribution in [3.63, 3.8) is 0 Å². The zero-order chi connectivity index (χ0) is 24.8. The molecule has 10 heteroatoms. The van der Waals surface area contributed by atoms with Crippen LogP contribution in [0.25, 0.3) is 6.08 Å². The number of ether oxygens (including phenoxy) is 3. The summed E-state index contributed by atoms with van der Waals surface area (Å²) in [5.74, 6) is -1.63. The van der Waals surface area contributed by atoms with Gasteiger partial charge < -0.3 is 19.3 Å². The molecular formula is C24H23NO8S. The lowest BCUT2D eigenvalue weighted by atomic mass is 10.1. The Labute approximate surface area is 200 Å². The SMILES string of the molecule is COc1cccc(/C=C2/SC(=O)N(CC(=O)OC(C)C)C2=O)c1OCc1cccc(C(=O)O)c1. The second-order valence-corrected chi connectivity index (χ2v) is 8.47. The summed E-state index contributed by atoms with van der Waals surface area (Å²) in [4.78, 5) is 49.2. The molecule has 0 bridgehead atoms. The van der Waals surface area contributed by atoms with E-state index < -0.39 is 29.6 Å². The van der Waals surface area contributed by atoms with Gasteiger partial charge in [0.25, 0.3) is 11.1 Å². The molecule has 1 aliphatic rings. The number of methoxy groups -OCH3 is 1. The summed E-state index contributed by atoms with van der Waals surface area (Å²) in [6.45, 7) is 2.92. The van der Waals surface area contributed by atoms with Crippen molar-refractivity contribution < 1.29 is 38.5 Å². The fourth-order valence-corrected chi connectivity index (χ4v) is 3.95. The molecule has 0 spiro atoms. The Bertz CT molecular complexity index is 1160. The third-order valence-electron chi connectivity index (χ3n) is 4.60. The largest absolute Gasteiger partial charge is 0.493 e. The standard InChI is InChI=1S/C24H23NO8S/c1-14(2)33-20(26)12-25-22(27)19(34-24(25)30)11-16-7-5-9-18(31-3)21(16)32-13-15-6-4-8-17(10-15)23(28)29/h4-11,14H,12-13H2,1-3H3,(H,28,29)/b19-11+. The van der Waals surface area contributed by atoms with Gasteiger partial charge in [-0.15, -0.1) is 0 Å². The number of amides is 2. The van der Waals surface area contributed by atoms with E-state index >= 15 is 0 Å². The average molecular weight is 486 g/mol. The molecule has 2 aromatic carbocycles. The lowest BCUT2D eigenvalue weighted by Gasteiger charge is -2.14. The van der Waals surface area contributed by atoms with Gasteiger partial charge >= 0.3 is 11.9 Å². The second kappa shape index (κ2) is 10.9. The smallest absolute Gasteiger partial charge is 0.335 e.